The molecule has 0 aromatic carbocycles. The number of carbonyl (C=O) groups excluding carboxylic acids is 1. The summed E-state index contributed by atoms with van der Waals surface area (Å²) in [6.45, 7) is 7.00. The number of aliphatic carboxylic acids is 1. The Kier molecular flexibility index (Phi) is 6.99. The van der Waals surface area contributed by atoms with Crippen LogP contribution in [-0.4, -0.2) is 47.1 Å². The minimum Gasteiger partial charge on any atom is -0.480 e. The first-order valence-electron chi connectivity index (χ1n) is 7.71. The zero-order valence-electron chi connectivity index (χ0n) is 12.9. The van der Waals surface area contributed by atoms with Crippen molar-refractivity contribution in [1.82, 2.24) is 10.2 Å². The molecule has 20 heavy (non-hydrogen) atoms. The van der Waals surface area contributed by atoms with E-state index in [0.717, 1.165) is 25.8 Å². The fraction of sp³-hybridized carbons (Fsp3) is 0.867. The van der Waals surface area contributed by atoms with Crippen LogP contribution in [-0.2, 0) is 9.59 Å². The van der Waals surface area contributed by atoms with Crippen LogP contribution in [0.25, 0.3) is 0 Å². The smallest absolute Gasteiger partial charge is 0.320 e. The molecule has 1 aliphatic heterocycles. The number of carboxylic acids is 1. The van der Waals surface area contributed by atoms with E-state index in [1.54, 1.807) is 0 Å². The van der Waals surface area contributed by atoms with Crippen LogP contribution in [0.5, 0.6) is 0 Å². The number of carbonyl (C=O) groups is 2. The Morgan fingerprint density at radius 2 is 2.05 bits per heavy atom. The summed E-state index contributed by atoms with van der Waals surface area (Å²) < 4.78 is 0. The number of amides is 1. The van der Waals surface area contributed by atoms with Gasteiger partial charge in [0.1, 0.15) is 6.04 Å². The highest BCUT2D eigenvalue weighted by Crippen LogP contribution is 2.19. The predicted molar refractivity (Wildman–Crippen MR) is 78.5 cm³/mol. The molecule has 2 atom stereocenters. The van der Waals surface area contributed by atoms with Gasteiger partial charge in [0.2, 0.25) is 5.91 Å². The van der Waals surface area contributed by atoms with Crippen LogP contribution in [0.4, 0.5) is 0 Å². The third kappa shape index (κ3) is 5.12. The first-order chi connectivity index (χ1) is 9.45. The summed E-state index contributed by atoms with van der Waals surface area (Å²) in [5.74, 6) is -0.555. The van der Waals surface area contributed by atoms with Gasteiger partial charge in [-0.3, -0.25) is 14.9 Å². The standard InChI is InChI=1S/C15H28N2O3/c1-4-12-7-5-6-8-17(12)14(18)10-16-13(15(19)20)9-11(2)3/h11-13,16H,4-10H2,1-3H3,(H,19,20). The number of nitrogens with zero attached hydrogens (tertiary/aromatic N) is 1. The average Bonchev–Trinajstić information content (AvgIpc) is 2.42. The van der Waals surface area contributed by atoms with E-state index in [9.17, 15) is 9.59 Å². The van der Waals surface area contributed by atoms with Crippen LogP contribution in [0.1, 0.15) is 52.9 Å². The SMILES string of the molecule is CCC1CCCCN1C(=O)CNC(CC(C)C)C(=O)O. The number of nitrogens with one attached hydrogen (secondary N) is 1. The number of hydrogen-bond donors (Lipinski definition) is 2. The molecule has 2 N–H and O–H groups in total. The number of likely N-dealkylation sites (tertiary alicyclic amines) is 1. The van der Waals surface area contributed by atoms with Crippen molar-refractivity contribution in [2.24, 2.45) is 5.92 Å². The quantitative estimate of drug-likeness (QED) is 0.749. The van der Waals surface area contributed by atoms with Crippen molar-refractivity contribution >= 4 is 11.9 Å². The third-order valence-electron chi connectivity index (χ3n) is 3.92. The summed E-state index contributed by atoms with van der Waals surface area (Å²) in [4.78, 5) is 25.3. The molecule has 1 rings (SSSR count). The molecule has 1 aliphatic rings. The Bertz CT molecular complexity index is 331. The summed E-state index contributed by atoms with van der Waals surface area (Å²) in [5, 5.41) is 12.1. The first-order valence-corrected chi connectivity index (χ1v) is 7.71. The minimum absolute atomic E-state index is 0.0338. The molecule has 2 unspecified atom stereocenters. The molecule has 1 fully saturated rings. The van der Waals surface area contributed by atoms with Crippen LogP contribution in [0.15, 0.2) is 0 Å². The molecule has 0 radical (unpaired) electrons. The van der Waals surface area contributed by atoms with E-state index in [2.05, 4.69) is 12.2 Å². The Hall–Kier alpha value is -1.10. The van der Waals surface area contributed by atoms with E-state index in [1.165, 1.54) is 6.42 Å². The molecule has 5 heteroatoms. The minimum atomic E-state index is -0.878. The molecule has 0 saturated carbocycles. The van der Waals surface area contributed by atoms with Gasteiger partial charge in [-0.1, -0.05) is 20.8 Å². The average molecular weight is 284 g/mol. The zero-order chi connectivity index (χ0) is 15.1. The van der Waals surface area contributed by atoms with Crippen molar-refractivity contribution in [2.75, 3.05) is 13.1 Å². The zero-order valence-corrected chi connectivity index (χ0v) is 12.9. The van der Waals surface area contributed by atoms with Crippen molar-refractivity contribution in [3.63, 3.8) is 0 Å². The molecular formula is C15H28N2O3. The second-order valence-electron chi connectivity index (χ2n) is 6.05. The highest BCUT2D eigenvalue weighted by atomic mass is 16.4. The van der Waals surface area contributed by atoms with Gasteiger partial charge in [-0.15, -0.1) is 0 Å². The van der Waals surface area contributed by atoms with Gasteiger partial charge in [0.05, 0.1) is 6.54 Å². The van der Waals surface area contributed by atoms with Crippen molar-refractivity contribution in [2.45, 2.75) is 65.0 Å². The highest BCUT2D eigenvalue weighted by Gasteiger charge is 2.26. The second kappa shape index (κ2) is 8.25. The van der Waals surface area contributed by atoms with Crippen LogP contribution in [0.2, 0.25) is 0 Å². The largest absolute Gasteiger partial charge is 0.480 e. The summed E-state index contributed by atoms with van der Waals surface area (Å²) >= 11 is 0. The van der Waals surface area contributed by atoms with Crippen LogP contribution in [0.3, 0.4) is 0 Å². The molecule has 0 aromatic heterocycles. The van der Waals surface area contributed by atoms with E-state index >= 15 is 0 Å². The van der Waals surface area contributed by atoms with E-state index in [0.29, 0.717) is 12.5 Å². The maximum atomic E-state index is 12.3. The lowest BCUT2D eigenvalue weighted by Gasteiger charge is -2.35. The van der Waals surface area contributed by atoms with Gasteiger partial charge in [0.15, 0.2) is 0 Å². The third-order valence-corrected chi connectivity index (χ3v) is 3.92. The summed E-state index contributed by atoms with van der Waals surface area (Å²) in [6, 6.07) is -0.310. The maximum absolute atomic E-state index is 12.3. The van der Waals surface area contributed by atoms with Crippen LogP contribution >= 0.6 is 0 Å². The van der Waals surface area contributed by atoms with E-state index in [1.807, 2.05) is 18.7 Å². The van der Waals surface area contributed by atoms with Crippen molar-refractivity contribution in [3.8, 4) is 0 Å². The Balaban J connectivity index is 2.49. The van der Waals surface area contributed by atoms with Crippen molar-refractivity contribution < 1.29 is 14.7 Å². The lowest BCUT2D eigenvalue weighted by Crippen LogP contribution is -2.49. The predicted octanol–water partition coefficient (Wildman–Crippen LogP) is 1.87. The molecule has 0 spiro atoms. The van der Waals surface area contributed by atoms with E-state index in [4.69, 9.17) is 5.11 Å². The summed E-state index contributed by atoms with van der Waals surface area (Å²) in [7, 11) is 0. The Labute approximate surface area is 121 Å². The number of carboxylic acid groups (broad SMARTS) is 1. The fourth-order valence-corrected chi connectivity index (χ4v) is 2.81. The van der Waals surface area contributed by atoms with Gasteiger partial charge >= 0.3 is 5.97 Å². The fourth-order valence-electron chi connectivity index (χ4n) is 2.81. The molecule has 1 saturated heterocycles. The van der Waals surface area contributed by atoms with Crippen LogP contribution in [0, 0.1) is 5.92 Å². The maximum Gasteiger partial charge on any atom is 0.320 e. The number of piperidine rings is 1. The molecule has 1 amide bonds. The van der Waals surface area contributed by atoms with Gasteiger partial charge in [0.25, 0.3) is 0 Å². The summed E-state index contributed by atoms with van der Waals surface area (Å²) in [5.41, 5.74) is 0. The summed E-state index contributed by atoms with van der Waals surface area (Å²) in [6.07, 6.45) is 4.81. The van der Waals surface area contributed by atoms with Crippen molar-refractivity contribution in [1.29, 1.82) is 0 Å². The van der Waals surface area contributed by atoms with Crippen LogP contribution < -0.4 is 5.32 Å². The lowest BCUT2D eigenvalue weighted by molar-refractivity contribution is -0.140. The molecule has 5 nitrogen and oxygen atoms in total. The van der Waals surface area contributed by atoms with Gasteiger partial charge in [-0.2, -0.15) is 0 Å². The van der Waals surface area contributed by atoms with Gasteiger partial charge in [-0.25, -0.2) is 0 Å². The molecule has 0 bridgehead atoms. The molecule has 116 valence electrons. The Morgan fingerprint density at radius 1 is 1.35 bits per heavy atom. The lowest BCUT2D eigenvalue weighted by atomic mass is 10.00. The van der Waals surface area contributed by atoms with Crippen molar-refractivity contribution in [3.05, 3.63) is 0 Å². The molecular weight excluding hydrogens is 256 g/mol. The second-order valence-corrected chi connectivity index (χ2v) is 6.05. The van der Waals surface area contributed by atoms with Gasteiger partial charge in [0, 0.05) is 12.6 Å². The van der Waals surface area contributed by atoms with E-state index in [-0.39, 0.29) is 18.4 Å². The highest BCUT2D eigenvalue weighted by molar-refractivity contribution is 5.80. The molecule has 0 aromatic rings. The van der Waals surface area contributed by atoms with Gasteiger partial charge < -0.3 is 10.0 Å². The topological polar surface area (TPSA) is 69.6 Å². The number of rotatable bonds is 7. The Morgan fingerprint density at radius 3 is 2.60 bits per heavy atom. The van der Waals surface area contributed by atoms with Gasteiger partial charge in [-0.05, 0) is 38.0 Å². The first kappa shape index (κ1) is 17.0. The molecule has 1 heterocycles. The molecule has 0 aliphatic carbocycles. The van der Waals surface area contributed by atoms with E-state index < -0.39 is 12.0 Å². The normalized spacial score (nSPS) is 21.0. The number of hydrogen-bond acceptors (Lipinski definition) is 3. The monoisotopic (exact) mass is 284 g/mol.